The fraction of sp³-hybridized carbons (Fsp3) is 0.364. The number of aliphatic hydroxyl groups is 4. The van der Waals surface area contributed by atoms with Gasteiger partial charge in [-0.15, -0.1) is 0 Å². The van der Waals surface area contributed by atoms with Crippen molar-refractivity contribution in [2.75, 3.05) is 14.2 Å². The number of benzene rings is 1. The van der Waals surface area contributed by atoms with Gasteiger partial charge in [-0.3, -0.25) is 5.32 Å². The summed E-state index contributed by atoms with van der Waals surface area (Å²) in [6.07, 6.45) is -1.33. The Labute approximate surface area is 127 Å². The van der Waals surface area contributed by atoms with Gasteiger partial charge in [0.15, 0.2) is 0 Å². The molecule has 0 aliphatic carbocycles. The summed E-state index contributed by atoms with van der Waals surface area (Å²) < 4.78 is 9.17. The molecule has 0 aliphatic heterocycles. The molecule has 118 valence electrons. The van der Waals surface area contributed by atoms with Crippen LogP contribution >= 0.6 is 15.9 Å². The van der Waals surface area contributed by atoms with Crippen molar-refractivity contribution in [3.05, 3.63) is 22.2 Å². The Kier molecular flexibility index (Phi) is 5.02. The molecule has 0 aliphatic rings. The maximum Gasteiger partial charge on any atom is 0.411 e. The average molecular weight is 368 g/mol. The quantitative estimate of drug-likeness (QED) is 0.382. The van der Waals surface area contributed by atoms with Crippen LogP contribution < -0.4 is 10.1 Å². The van der Waals surface area contributed by atoms with E-state index in [1.165, 1.54) is 18.5 Å². The van der Waals surface area contributed by atoms with Gasteiger partial charge in [0.1, 0.15) is 11.5 Å². The SMILES string of the molecule is COC(=O)NC(O)(O)C(O)(O)c1cc(O)c(Br)cc1OC. The Balaban J connectivity index is 3.35. The van der Waals surface area contributed by atoms with Crippen LogP contribution in [0.15, 0.2) is 16.6 Å². The number of hydrogen-bond acceptors (Lipinski definition) is 8. The molecule has 0 atom stereocenters. The molecule has 1 aromatic carbocycles. The van der Waals surface area contributed by atoms with Gasteiger partial charge in [-0.1, -0.05) is 0 Å². The highest BCUT2D eigenvalue weighted by Crippen LogP contribution is 2.39. The zero-order chi connectivity index (χ0) is 16.4. The molecule has 6 N–H and O–H groups in total. The molecule has 0 spiro atoms. The third-order valence-electron chi connectivity index (χ3n) is 2.59. The number of carbonyl (C=O) groups excluding carboxylic acids is 1. The molecule has 0 saturated carbocycles. The van der Waals surface area contributed by atoms with Crippen LogP contribution in [0, 0.1) is 0 Å². The van der Waals surface area contributed by atoms with Gasteiger partial charge in [0.2, 0.25) is 0 Å². The molecule has 10 heteroatoms. The number of amides is 1. The van der Waals surface area contributed by atoms with E-state index >= 15 is 0 Å². The van der Waals surface area contributed by atoms with E-state index in [0.717, 1.165) is 13.2 Å². The Bertz CT molecular complexity index is 545. The lowest BCUT2D eigenvalue weighted by molar-refractivity contribution is -0.375. The molecule has 0 radical (unpaired) electrons. The zero-order valence-corrected chi connectivity index (χ0v) is 12.6. The summed E-state index contributed by atoms with van der Waals surface area (Å²) in [5.74, 6) is -7.55. The van der Waals surface area contributed by atoms with E-state index in [-0.39, 0.29) is 10.2 Å². The van der Waals surface area contributed by atoms with Gasteiger partial charge >= 0.3 is 12.0 Å². The van der Waals surface area contributed by atoms with Gasteiger partial charge in [0, 0.05) is 0 Å². The molecule has 0 heterocycles. The lowest BCUT2D eigenvalue weighted by Crippen LogP contribution is -2.63. The molecular formula is C11H14BrNO8. The van der Waals surface area contributed by atoms with Gasteiger partial charge in [-0.05, 0) is 28.1 Å². The van der Waals surface area contributed by atoms with Crippen molar-refractivity contribution in [2.24, 2.45) is 0 Å². The molecule has 21 heavy (non-hydrogen) atoms. The zero-order valence-electron chi connectivity index (χ0n) is 11.0. The van der Waals surface area contributed by atoms with E-state index in [2.05, 4.69) is 20.7 Å². The first-order chi connectivity index (χ1) is 9.56. The topological polar surface area (TPSA) is 149 Å². The first-order valence-electron chi connectivity index (χ1n) is 5.39. The van der Waals surface area contributed by atoms with Crippen LogP contribution in [0.25, 0.3) is 0 Å². The van der Waals surface area contributed by atoms with Crippen LogP contribution in [-0.2, 0) is 10.5 Å². The van der Waals surface area contributed by atoms with Crippen molar-refractivity contribution < 1.29 is 39.8 Å². The number of aromatic hydroxyl groups is 1. The van der Waals surface area contributed by atoms with Crippen molar-refractivity contribution in [3.8, 4) is 11.5 Å². The summed E-state index contributed by atoms with van der Waals surface area (Å²) in [6.45, 7) is 0. The van der Waals surface area contributed by atoms with Gasteiger partial charge < -0.3 is 35.0 Å². The number of halogens is 1. The Hall–Kier alpha value is -1.59. The highest BCUT2D eigenvalue weighted by atomic mass is 79.9. The largest absolute Gasteiger partial charge is 0.507 e. The van der Waals surface area contributed by atoms with Crippen molar-refractivity contribution in [3.63, 3.8) is 0 Å². The van der Waals surface area contributed by atoms with E-state index < -0.39 is 29.1 Å². The molecule has 1 rings (SSSR count). The summed E-state index contributed by atoms with van der Waals surface area (Å²) in [5, 5.41) is 50.3. The lowest BCUT2D eigenvalue weighted by atomic mass is 10.0. The minimum absolute atomic E-state index is 0.168. The number of phenols is 1. The Morgan fingerprint density at radius 3 is 2.29 bits per heavy atom. The monoisotopic (exact) mass is 367 g/mol. The van der Waals surface area contributed by atoms with Gasteiger partial charge in [-0.2, -0.15) is 0 Å². The third-order valence-corrected chi connectivity index (χ3v) is 3.23. The number of hydrogen-bond donors (Lipinski definition) is 6. The number of carbonyl (C=O) groups is 1. The summed E-state index contributed by atoms with van der Waals surface area (Å²) in [6, 6.07) is 1.99. The van der Waals surface area contributed by atoms with Gasteiger partial charge in [0.25, 0.3) is 5.79 Å². The van der Waals surface area contributed by atoms with Crippen LogP contribution in [0.4, 0.5) is 4.79 Å². The standard InChI is InChI=1S/C11H14BrNO8/c1-20-8-4-6(12)7(14)3-5(8)10(16,17)11(18,19)13-9(15)21-2/h3-4,14,16-19H,1-2H3,(H,13,15). The minimum atomic E-state index is -3.52. The number of ether oxygens (including phenoxy) is 2. The second kappa shape index (κ2) is 6.03. The molecular weight excluding hydrogens is 354 g/mol. The van der Waals surface area contributed by atoms with Gasteiger partial charge in [-0.25, -0.2) is 4.79 Å². The smallest absolute Gasteiger partial charge is 0.411 e. The van der Waals surface area contributed by atoms with Crippen LogP contribution in [0.3, 0.4) is 0 Å². The second-order valence-electron chi connectivity index (χ2n) is 3.96. The normalized spacial score (nSPS) is 12.0. The summed E-state index contributed by atoms with van der Waals surface area (Å²) in [4.78, 5) is 11.0. The first-order valence-corrected chi connectivity index (χ1v) is 6.18. The molecule has 0 saturated heterocycles. The molecule has 0 aromatic heterocycles. The predicted molar refractivity (Wildman–Crippen MR) is 71.2 cm³/mol. The lowest BCUT2D eigenvalue weighted by Gasteiger charge is -2.35. The molecule has 0 unspecified atom stereocenters. The summed E-state index contributed by atoms with van der Waals surface area (Å²) in [5.41, 5.74) is -0.605. The highest BCUT2D eigenvalue weighted by Gasteiger charge is 2.52. The average Bonchev–Trinajstić information content (AvgIpc) is 2.40. The first kappa shape index (κ1) is 17.5. The van der Waals surface area contributed by atoms with Crippen LogP contribution in [0.5, 0.6) is 11.5 Å². The predicted octanol–water partition coefficient (Wildman–Crippen LogP) is -0.705. The van der Waals surface area contributed by atoms with E-state index in [1.807, 2.05) is 0 Å². The number of rotatable bonds is 4. The highest BCUT2D eigenvalue weighted by molar-refractivity contribution is 9.10. The molecule has 0 fully saturated rings. The molecule has 9 nitrogen and oxygen atoms in total. The van der Waals surface area contributed by atoms with Crippen molar-refractivity contribution in [2.45, 2.75) is 11.7 Å². The van der Waals surface area contributed by atoms with Crippen molar-refractivity contribution >= 4 is 22.0 Å². The maximum absolute atomic E-state index is 11.0. The number of alkyl carbamates (subject to hydrolysis) is 1. The van der Waals surface area contributed by atoms with E-state index in [0.29, 0.717) is 0 Å². The number of nitrogens with one attached hydrogen (secondary N) is 1. The molecule has 1 amide bonds. The fourth-order valence-electron chi connectivity index (χ4n) is 1.45. The number of phenolic OH excluding ortho intramolecular Hbond substituents is 1. The minimum Gasteiger partial charge on any atom is -0.507 e. The maximum atomic E-state index is 11.0. The molecule has 0 bridgehead atoms. The van der Waals surface area contributed by atoms with Gasteiger partial charge in [0.05, 0.1) is 24.3 Å². The number of methoxy groups -OCH3 is 2. The summed E-state index contributed by atoms with van der Waals surface area (Å²) >= 11 is 2.98. The fourth-order valence-corrected chi connectivity index (χ4v) is 1.78. The van der Waals surface area contributed by atoms with Crippen LogP contribution in [0.2, 0.25) is 0 Å². The van der Waals surface area contributed by atoms with Crippen molar-refractivity contribution in [1.29, 1.82) is 0 Å². The molecule has 1 aromatic rings. The summed E-state index contributed by atoms with van der Waals surface area (Å²) in [7, 11) is 2.12. The Morgan fingerprint density at radius 1 is 1.24 bits per heavy atom. The van der Waals surface area contributed by atoms with Crippen LogP contribution in [0.1, 0.15) is 5.56 Å². The van der Waals surface area contributed by atoms with E-state index in [4.69, 9.17) is 4.74 Å². The second-order valence-corrected chi connectivity index (χ2v) is 4.82. The van der Waals surface area contributed by atoms with E-state index in [1.54, 1.807) is 0 Å². The van der Waals surface area contributed by atoms with Crippen molar-refractivity contribution in [1.82, 2.24) is 5.32 Å². The van der Waals surface area contributed by atoms with E-state index in [9.17, 15) is 30.3 Å². The third kappa shape index (κ3) is 3.36. The van der Waals surface area contributed by atoms with Crippen LogP contribution in [-0.4, -0.2) is 51.8 Å². The Morgan fingerprint density at radius 2 is 1.81 bits per heavy atom.